The Morgan fingerprint density at radius 3 is 2.43 bits per heavy atom. The van der Waals surface area contributed by atoms with Gasteiger partial charge in [-0.2, -0.15) is 13.2 Å². The van der Waals surface area contributed by atoms with Gasteiger partial charge in [-0.05, 0) is 25.8 Å². The Morgan fingerprint density at radius 1 is 1.36 bits per heavy atom. The van der Waals surface area contributed by atoms with Crippen LogP contribution in [0.25, 0.3) is 0 Å². The fourth-order valence-electron chi connectivity index (χ4n) is 2.01. The van der Waals surface area contributed by atoms with Crippen molar-refractivity contribution in [2.24, 2.45) is 11.7 Å². The number of alkyl halides is 3. The first kappa shape index (κ1) is 10.2. The maximum Gasteiger partial charge on any atom is 0.393 e. The first-order chi connectivity index (χ1) is 6.39. The van der Waals surface area contributed by atoms with Crippen LogP contribution in [0.5, 0.6) is 0 Å². The summed E-state index contributed by atoms with van der Waals surface area (Å²) in [5.41, 5.74) is 5.69. The van der Waals surface area contributed by atoms with Gasteiger partial charge in [-0.1, -0.05) is 0 Å². The fourth-order valence-corrected chi connectivity index (χ4v) is 2.01. The predicted octanol–water partition coefficient (Wildman–Crippen LogP) is 1.36. The first-order valence-electron chi connectivity index (χ1n) is 4.97. The molecule has 82 valence electrons. The summed E-state index contributed by atoms with van der Waals surface area (Å²) in [6.07, 6.45) is -1.87. The largest absolute Gasteiger partial charge is 0.393 e. The van der Waals surface area contributed by atoms with Gasteiger partial charge in [0.05, 0.1) is 5.92 Å². The minimum Gasteiger partial charge on any atom is -0.324 e. The molecule has 2 nitrogen and oxygen atoms in total. The van der Waals surface area contributed by atoms with Gasteiger partial charge in [0.15, 0.2) is 0 Å². The summed E-state index contributed by atoms with van der Waals surface area (Å²) in [4.78, 5) is 1.85. The van der Waals surface area contributed by atoms with Crippen molar-refractivity contribution < 1.29 is 13.2 Å². The van der Waals surface area contributed by atoms with Crippen molar-refractivity contribution in [2.75, 3.05) is 19.6 Å². The lowest BCUT2D eigenvalue weighted by molar-refractivity contribution is -0.170. The van der Waals surface area contributed by atoms with Gasteiger partial charge in [-0.3, -0.25) is 0 Å². The van der Waals surface area contributed by atoms with E-state index in [0.717, 1.165) is 12.8 Å². The third-order valence-electron chi connectivity index (χ3n) is 3.17. The summed E-state index contributed by atoms with van der Waals surface area (Å²) >= 11 is 0. The third-order valence-corrected chi connectivity index (χ3v) is 3.17. The second kappa shape index (κ2) is 3.10. The highest BCUT2D eigenvalue weighted by molar-refractivity contribution is 5.02. The van der Waals surface area contributed by atoms with Crippen LogP contribution in [0.2, 0.25) is 0 Å². The normalized spacial score (nSPS) is 32.1. The molecule has 1 saturated carbocycles. The number of likely N-dealkylation sites (tertiary alicyclic amines) is 1. The van der Waals surface area contributed by atoms with Crippen LogP contribution in [-0.4, -0.2) is 36.2 Å². The van der Waals surface area contributed by atoms with Gasteiger partial charge in [0.2, 0.25) is 0 Å². The van der Waals surface area contributed by atoms with E-state index >= 15 is 0 Å². The Bertz CT molecular complexity index is 223. The van der Waals surface area contributed by atoms with Crippen LogP contribution in [0.15, 0.2) is 0 Å². The Hall–Kier alpha value is -0.290. The number of halogens is 3. The molecule has 2 aliphatic rings. The van der Waals surface area contributed by atoms with Gasteiger partial charge >= 0.3 is 6.18 Å². The Morgan fingerprint density at radius 2 is 2.00 bits per heavy atom. The number of hydrogen-bond acceptors (Lipinski definition) is 2. The summed E-state index contributed by atoms with van der Waals surface area (Å²) in [6.45, 7) is 1.32. The number of hydrogen-bond donors (Lipinski definition) is 1. The summed E-state index contributed by atoms with van der Waals surface area (Å²) in [5, 5.41) is 0. The van der Waals surface area contributed by atoms with Crippen LogP contribution < -0.4 is 5.73 Å². The topological polar surface area (TPSA) is 29.3 Å². The Balaban J connectivity index is 1.83. The van der Waals surface area contributed by atoms with Gasteiger partial charge in [0.25, 0.3) is 0 Å². The highest BCUT2D eigenvalue weighted by atomic mass is 19.4. The summed E-state index contributed by atoms with van der Waals surface area (Å²) in [5.74, 6) is -1.13. The minimum absolute atomic E-state index is 0.141. The second-order valence-corrected chi connectivity index (χ2v) is 4.62. The molecule has 1 atom stereocenters. The van der Waals surface area contributed by atoms with E-state index < -0.39 is 12.1 Å². The molecular weight excluding hydrogens is 193 g/mol. The van der Waals surface area contributed by atoms with E-state index in [1.807, 2.05) is 4.90 Å². The molecule has 0 bridgehead atoms. The molecule has 1 heterocycles. The summed E-state index contributed by atoms with van der Waals surface area (Å²) < 4.78 is 37.0. The first-order valence-corrected chi connectivity index (χ1v) is 4.97. The summed E-state index contributed by atoms with van der Waals surface area (Å²) in [6, 6.07) is 0. The number of rotatable bonds is 2. The van der Waals surface area contributed by atoms with E-state index in [1.54, 1.807) is 0 Å². The molecule has 1 saturated heterocycles. The fraction of sp³-hybridized carbons (Fsp3) is 1.00. The van der Waals surface area contributed by atoms with Gasteiger partial charge in [0.1, 0.15) is 0 Å². The average molecular weight is 208 g/mol. The maximum atomic E-state index is 12.3. The summed E-state index contributed by atoms with van der Waals surface area (Å²) in [7, 11) is 0. The van der Waals surface area contributed by atoms with Crippen molar-refractivity contribution in [1.82, 2.24) is 4.90 Å². The molecule has 1 unspecified atom stereocenters. The quantitative estimate of drug-likeness (QED) is 0.742. The minimum atomic E-state index is -4.03. The zero-order valence-electron chi connectivity index (χ0n) is 7.98. The smallest absolute Gasteiger partial charge is 0.324 e. The van der Waals surface area contributed by atoms with Crippen LogP contribution in [0.4, 0.5) is 13.2 Å². The molecule has 1 aliphatic carbocycles. The number of nitrogens with zero attached hydrogens (tertiary/aromatic N) is 1. The monoisotopic (exact) mass is 208 g/mol. The van der Waals surface area contributed by atoms with Gasteiger partial charge in [-0.15, -0.1) is 0 Å². The van der Waals surface area contributed by atoms with E-state index in [0.29, 0.717) is 13.1 Å². The molecule has 0 radical (unpaired) electrons. The van der Waals surface area contributed by atoms with Gasteiger partial charge < -0.3 is 10.6 Å². The van der Waals surface area contributed by atoms with E-state index in [-0.39, 0.29) is 18.5 Å². The molecule has 5 heteroatoms. The standard InChI is InChI=1S/C9H15F3N2/c10-9(11,12)7-1-4-14(5-7)6-8(13)2-3-8/h7H,1-6,13H2. The maximum absolute atomic E-state index is 12.3. The lowest BCUT2D eigenvalue weighted by Gasteiger charge is -2.20. The molecule has 0 aromatic heterocycles. The van der Waals surface area contributed by atoms with Crippen molar-refractivity contribution in [3.05, 3.63) is 0 Å². The molecule has 0 amide bonds. The van der Waals surface area contributed by atoms with Crippen LogP contribution >= 0.6 is 0 Å². The zero-order valence-corrected chi connectivity index (χ0v) is 7.98. The van der Waals surface area contributed by atoms with Crippen molar-refractivity contribution in [1.29, 1.82) is 0 Å². The van der Waals surface area contributed by atoms with Crippen LogP contribution in [-0.2, 0) is 0 Å². The molecule has 0 spiro atoms. The molecule has 1 aliphatic heterocycles. The SMILES string of the molecule is NC1(CN2CCC(C(F)(F)F)C2)CC1. The average Bonchev–Trinajstić information content (AvgIpc) is 2.61. The van der Waals surface area contributed by atoms with Crippen LogP contribution in [0, 0.1) is 5.92 Å². The van der Waals surface area contributed by atoms with E-state index in [2.05, 4.69) is 0 Å². The molecular formula is C9H15F3N2. The molecule has 2 fully saturated rings. The van der Waals surface area contributed by atoms with Gasteiger partial charge in [0, 0.05) is 18.6 Å². The lowest BCUT2D eigenvalue weighted by atomic mass is 10.1. The van der Waals surface area contributed by atoms with Crippen molar-refractivity contribution >= 4 is 0 Å². The highest BCUT2D eigenvalue weighted by Crippen LogP contribution is 2.37. The van der Waals surface area contributed by atoms with E-state index in [1.165, 1.54) is 0 Å². The Labute approximate surface area is 81.2 Å². The van der Waals surface area contributed by atoms with E-state index in [4.69, 9.17) is 5.73 Å². The highest BCUT2D eigenvalue weighted by Gasteiger charge is 2.46. The Kier molecular flexibility index (Phi) is 2.27. The zero-order chi connectivity index (χ0) is 10.4. The van der Waals surface area contributed by atoms with Crippen molar-refractivity contribution in [3.8, 4) is 0 Å². The van der Waals surface area contributed by atoms with Gasteiger partial charge in [-0.25, -0.2) is 0 Å². The predicted molar refractivity (Wildman–Crippen MR) is 46.8 cm³/mol. The van der Waals surface area contributed by atoms with Crippen LogP contribution in [0.1, 0.15) is 19.3 Å². The third kappa shape index (κ3) is 2.20. The second-order valence-electron chi connectivity index (χ2n) is 4.62. The van der Waals surface area contributed by atoms with Crippen molar-refractivity contribution in [2.45, 2.75) is 31.0 Å². The number of nitrogens with two attached hydrogens (primary N) is 1. The molecule has 2 rings (SSSR count). The molecule has 2 N–H and O–H groups in total. The van der Waals surface area contributed by atoms with Crippen LogP contribution in [0.3, 0.4) is 0 Å². The van der Waals surface area contributed by atoms with E-state index in [9.17, 15) is 13.2 Å². The molecule has 14 heavy (non-hydrogen) atoms. The molecule has 0 aromatic carbocycles. The molecule has 0 aromatic rings. The van der Waals surface area contributed by atoms with Crippen molar-refractivity contribution in [3.63, 3.8) is 0 Å². The lowest BCUT2D eigenvalue weighted by Crippen LogP contribution is -2.39.